The van der Waals surface area contributed by atoms with Gasteiger partial charge in [-0.05, 0) is 30.7 Å². The fourth-order valence-electron chi connectivity index (χ4n) is 2.07. The Hall–Kier alpha value is -2.69. The van der Waals surface area contributed by atoms with Crippen molar-refractivity contribution in [3.63, 3.8) is 0 Å². The molecule has 0 unspecified atom stereocenters. The molecule has 19 heavy (non-hydrogen) atoms. The number of nitrogen functional groups attached to an aromatic ring is 1. The highest BCUT2D eigenvalue weighted by Gasteiger charge is 2.37. The lowest BCUT2D eigenvalue weighted by atomic mass is 10.1. The Morgan fingerprint density at radius 3 is 2.21 bits per heavy atom. The molecular formula is C14H11N3O2. The first-order valence-electron chi connectivity index (χ1n) is 5.79. The van der Waals surface area contributed by atoms with Gasteiger partial charge >= 0.3 is 0 Å². The maximum Gasteiger partial charge on any atom is 0.267 e. The molecule has 0 atom stereocenters. The summed E-state index contributed by atoms with van der Waals surface area (Å²) in [6, 6.07) is 8.38. The van der Waals surface area contributed by atoms with Crippen LogP contribution in [-0.2, 0) is 0 Å². The van der Waals surface area contributed by atoms with Gasteiger partial charge in [0.1, 0.15) is 5.82 Å². The maximum absolute atomic E-state index is 12.2. The van der Waals surface area contributed by atoms with Crippen LogP contribution in [0.4, 0.5) is 11.5 Å². The molecule has 2 amide bonds. The van der Waals surface area contributed by atoms with E-state index < -0.39 is 0 Å². The van der Waals surface area contributed by atoms with Crippen molar-refractivity contribution >= 4 is 23.3 Å². The molecule has 0 radical (unpaired) electrons. The van der Waals surface area contributed by atoms with E-state index in [-0.39, 0.29) is 11.8 Å². The number of amides is 2. The number of benzene rings is 1. The molecule has 2 heterocycles. The van der Waals surface area contributed by atoms with Gasteiger partial charge in [0.25, 0.3) is 11.8 Å². The van der Waals surface area contributed by atoms with E-state index in [9.17, 15) is 9.59 Å². The van der Waals surface area contributed by atoms with Gasteiger partial charge in [0.15, 0.2) is 0 Å². The van der Waals surface area contributed by atoms with Crippen LogP contribution in [0, 0.1) is 6.92 Å². The van der Waals surface area contributed by atoms with Crippen molar-refractivity contribution in [2.24, 2.45) is 0 Å². The van der Waals surface area contributed by atoms with E-state index in [1.165, 1.54) is 6.20 Å². The number of pyridine rings is 1. The quantitative estimate of drug-likeness (QED) is 0.786. The highest BCUT2D eigenvalue weighted by molar-refractivity contribution is 6.34. The number of imide groups is 1. The lowest BCUT2D eigenvalue weighted by molar-refractivity contribution is 0.0925. The van der Waals surface area contributed by atoms with Crippen molar-refractivity contribution in [3.8, 4) is 0 Å². The summed E-state index contributed by atoms with van der Waals surface area (Å²) >= 11 is 0. The first-order valence-corrected chi connectivity index (χ1v) is 5.79. The zero-order valence-corrected chi connectivity index (χ0v) is 10.3. The molecule has 0 bridgehead atoms. The van der Waals surface area contributed by atoms with E-state index in [2.05, 4.69) is 4.98 Å². The third-order valence-corrected chi connectivity index (χ3v) is 3.16. The molecule has 5 heteroatoms. The Morgan fingerprint density at radius 2 is 1.68 bits per heavy atom. The number of anilines is 2. The number of carbonyl (C=O) groups excluding carboxylic acids is 2. The Balaban J connectivity index is 2.11. The van der Waals surface area contributed by atoms with Gasteiger partial charge in [-0.1, -0.05) is 12.1 Å². The van der Waals surface area contributed by atoms with Crippen LogP contribution in [0.25, 0.3) is 0 Å². The van der Waals surface area contributed by atoms with Crippen LogP contribution in [0.3, 0.4) is 0 Å². The highest BCUT2D eigenvalue weighted by atomic mass is 16.2. The SMILES string of the molecule is Cc1cc(N2C(=O)c3ccccc3C2=O)ncc1N. The number of carbonyl (C=O) groups is 2. The van der Waals surface area contributed by atoms with Crippen LogP contribution in [0.5, 0.6) is 0 Å². The van der Waals surface area contributed by atoms with Crippen molar-refractivity contribution in [1.82, 2.24) is 4.98 Å². The van der Waals surface area contributed by atoms with Crippen LogP contribution < -0.4 is 10.6 Å². The molecular weight excluding hydrogens is 242 g/mol. The van der Waals surface area contributed by atoms with Gasteiger partial charge in [-0.2, -0.15) is 0 Å². The molecule has 2 N–H and O–H groups in total. The third kappa shape index (κ3) is 1.59. The lowest BCUT2D eigenvalue weighted by Crippen LogP contribution is -2.30. The summed E-state index contributed by atoms with van der Waals surface area (Å²) < 4.78 is 0. The normalized spacial score (nSPS) is 13.8. The zero-order chi connectivity index (χ0) is 13.6. The molecule has 1 aromatic heterocycles. The maximum atomic E-state index is 12.2. The van der Waals surface area contributed by atoms with E-state index in [0.29, 0.717) is 22.6 Å². The van der Waals surface area contributed by atoms with E-state index >= 15 is 0 Å². The number of hydrogen-bond acceptors (Lipinski definition) is 4. The van der Waals surface area contributed by atoms with Gasteiger partial charge in [0.2, 0.25) is 0 Å². The third-order valence-electron chi connectivity index (χ3n) is 3.16. The Labute approximate surface area is 109 Å². The molecule has 1 aliphatic heterocycles. The largest absolute Gasteiger partial charge is 0.397 e. The summed E-state index contributed by atoms with van der Waals surface area (Å²) in [5.41, 5.74) is 7.81. The second-order valence-electron chi connectivity index (χ2n) is 4.39. The zero-order valence-electron chi connectivity index (χ0n) is 10.3. The van der Waals surface area contributed by atoms with E-state index in [1.807, 2.05) is 0 Å². The van der Waals surface area contributed by atoms with Crippen LogP contribution in [0.2, 0.25) is 0 Å². The van der Waals surface area contributed by atoms with Gasteiger partial charge in [0.05, 0.1) is 23.0 Å². The number of fused-ring (bicyclic) bond motifs is 1. The van der Waals surface area contributed by atoms with Gasteiger partial charge in [-0.25, -0.2) is 9.88 Å². The summed E-state index contributed by atoms with van der Waals surface area (Å²) in [4.78, 5) is 29.6. The van der Waals surface area contributed by atoms with Crippen LogP contribution >= 0.6 is 0 Å². The minimum absolute atomic E-state index is 0.304. The van der Waals surface area contributed by atoms with Gasteiger partial charge in [0, 0.05) is 0 Å². The predicted molar refractivity (Wildman–Crippen MR) is 71.0 cm³/mol. The van der Waals surface area contributed by atoms with Crippen LogP contribution in [0.15, 0.2) is 36.5 Å². The number of nitrogens with two attached hydrogens (primary N) is 1. The topological polar surface area (TPSA) is 76.3 Å². The first kappa shape index (κ1) is 11.4. The molecule has 5 nitrogen and oxygen atoms in total. The van der Waals surface area contributed by atoms with Crippen molar-refractivity contribution in [2.45, 2.75) is 6.92 Å². The summed E-state index contributed by atoms with van der Waals surface area (Å²) in [6.07, 6.45) is 1.45. The monoisotopic (exact) mass is 253 g/mol. The summed E-state index contributed by atoms with van der Waals surface area (Å²) in [5, 5.41) is 0. The predicted octanol–water partition coefficient (Wildman–Crippen LogP) is 1.77. The van der Waals surface area contributed by atoms with Gasteiger partial charge < -0.3 is 5.73 Å². The van der Waals surface area contributed by atoms with Crippen molar-refractivity contribution in [2.75, 3.05) is 10.6 Å². The summed E-state index contributed by atoms with van der Waals surface area (Å²) in [7, 11) is 0. The summed E-state index contributed by atoms with van der Waals surface area (Å²) in [6.45, 7) is 1.80. The molecule has 0 fully saturated rings. The molecule has 0 spiro atoms. The number of nitrogens with zero attached hydrogens (tertiary/aromatic N) is 2. The highest BCUT2D eigenvalue weighted by Crippen LogP contribution is 2.28. The van der Waals surface area contributed by atoms with Crippen LogP contribution in [0.1, 0.15) is 26.3 Å². The lowest BCUT2D eigenvalue weighted by Gasteiger charge is -2.13. The van der Waals surface area contributed by atoms with E-state index in [4.69, 9.17) is 5.73 Å². The molecule has 94 valence electrons. The Morgan fingerprint density at radius 1 is 1.11 bits per heavy atom. The minimum atomic E-state index is -0.350. The molecule has 3 rings (SSSR count). The average molecular weight is 253 g/mol. The fourth-order valence-corrected chi connectivity index (χ4v) is 2.07. The van der Waals surface area contributed by atoms with E-state index in [0.717, 1.165) is 10.5 Å². The smallest absolute Gasteiger partial charge is 0.267 e. The standard InChI is InChI=1S/C14H11N3O2/c1-8-6-12(16-7-11(8)15)17-13(18)9-4-2-3-5-10(9)14(17)19/h2-7H,15H2,1H3. The van der Waals surface area contributed by atoms with Crippen LogP contribution in [-0.4, -0.2) is 16.8 Å². The average Bonchev–Trinajstić information content (AvgIpc) is 2.66. The minimum Gasteiger partial charge on any atom is -0.397 e. The van der Waals surface area contributed by atoms with Crippen molar-refractivity contribution in [1.29, 1.82) is 0 Å². The molecule has 0 saturated heterocycles. The van der Waals surface area contributed by atoms with Gasteiger partial charge in [-0.15, -0.1) is 0 Å². The molecule has 1 aliphatic rings. The van der Waals surface area contributed by atoms with E-state index in [1.54, 1.807) is 37.3 Å². The number of aryl methyl sites for hydroxylation is 1. The second-order valence-corrected chi connectivity index (χ2v) is 4.39. The molecule has 2 aromatic rings. The second kappa shape index (κ2) is 3.91. The summed E-state index contributed by atoms with van der Waals surface area (Å²) in [5.74, 6) is -0.396. The first-order chi connectivity index (χ1) is 9.09. The molecule has 0 saturated carbocycles. The number of rotatable bonds is 1. The fraction of sp³-hybridized carbons (Fsp3) is 0.0714. The number of hydrogen-bond donors (Lipinski definition) is 1. The number of aromatic nitrogens is 1. The Bertz CT molecular complexity index is 675. The van der Waals surface area contributed by atoms with Crippen molar-refractivity contribution < 1.29 is 9.59 Å². The molecule has 1 aromatic carbocycles. The molecule has 0 aliphatic carbocycles. The van der Waals surface area contributed by atoms with Gasteiger partial charge in [-0.3, -0.25) is 9.59 Å². The Kier molecular flexibility index (Phi) is 2.35. The van der Waals surface area contributed by atoms with Crippen molar-refractivity contribution in [3.05, 3.63) is 53.2 Å².